The van der Waals surface area contributed by atoms with E-state index >= 15 is 0 Å². The van der Waals surface area contributed by atoms with Crippen LogP contribution >= 0.6 is 0 Å². The monoisotopic (exact) mass is 651 g/mol. The number of anilines is 2. The fourth-order valence-electron chi connectivity index (χ4n) is 5.35. The maximum atomic E-state index is 13.8. The van der Waals surface area contributed by atoms with Gasteiger partial charge in [0.2, 0.25) is 10.0 Å². The molecule has 0 radical (unpaired) electrons. The Balaban J connectivity index is 1.53. The first-order valence-electron chi connectivity index (χ1n) is 15.2. The van der Waals surface area contributed by atoms with E-state index in [0.29, 0.717) is 24.3 Å². The van der Waals surface area contributed by atoms with Crippen LogP contribution in [-0.2, 0) is 16.6 Å². The molecule has 0 atom stereocenters. The number of nitro benzene ring substituents is 2. The fraction of sp³-hybridized carbons (Fsp3) is 0.406. The van der Waals surface area contributed by atoms with Crippen LogP contribution in [0.5, 0.6) is 0 Å². The first-order chi connectivity index (χ1) is 21.8. The van der Waals surface area contributed by atoms with E-state index in [0.717, 1.165) is 25.7 Å². The van der Waals surface area contributed by atoms with E-state index in [2.05, 4.69) is 27.6 Å². The third kappa shape index (κ3) is 8.86. The number of hydrazone groups is 1. The van der Waals surface area contributed by atoms with Crippen LogP contribution < -0.4 is 10.3 Å². The van der Waals surface area contributed by atoms with Crippen LogP contribution in [-0.4, -0.2) is 73.0 Å². The van der Waals surface area contributed by atoms with Gasteiger partial charge >= 0.3 is 0 Å². The summed E-state index contributed by atoms with van der Waals surface area (Å²) >= 11 is 0. The Morgan fingerprint density at radius 3 is 2.13 bits per heavy atom. The van der Waals surface area contributed by atoms with E-state index in [9.17, 15) is 28.6 Å². The van der Waals surface area contributed by atoms with Crippen LogP contribution in [0.15, 0.2) is 76.7 Å². The van der Waals surface area contributed by atoms with Gasteiger partial charge in [-0.15, -0.1) is 0 Å². The molecule has 1 aliphatic heterocycles. The van der Waals surface area contributed by atoms with Gasteiger partial charge in [0, 0.05) is 69.6 Å². The van der Waals surface area contributed by atoms with Crippen LogP contribution in [0.2, 0.25) is 0 Å². The smallest absolute Gasteiger partial charge is 0.293 e. The number of non-ortho nitro benzene ring substituents is 1. The molecule has 0 aliphatic carbocycles. The number of rotatable bonds is 14. The first kappa shape index (κ1) is 34.5. The van der Waals surface area contributed by atoms with Crippen molar-refractivity contribution in [1.82, 2.24) is 9.21 Å². The summed E-state index contributed by atoms with van der Waals surface area (Å²) in [4.78, 5) is 26.6. The van der Waals surface area contributed by atoms with Crippen molar-refractivity contribution in [2.45, 2.75) is 39.1 Å². The molecule has 4 rings (SSSR count). The third-order valence-electron chi connectivity index (χ3n) is 7.49. The summed E-state index contributed by atoms with van der Waals surface area (Å²) in [6, 6.07) is 18.5. The highest BCUT2D eigenvalue weighted by molar-refractivity contribution is 7.89. The predicted octanol–water partition coefficient (Wildman–Crippen LogP) is 5.57. The van der Waals surface area contributed by atoms with Crippen LogP contribution in [0.3, 0.4) is 0 Å². The summed E-state index contributed by atoms with van der Waals surface area (Å²) < 4.78 is 28.9. The molecule has 0 spiro atoms. The zero-order chi connectivity index (χ0) is 33.4. The summed E-state index contributed by atoms with van der Waals surface area (Å²) in [7, 11) is -4.14. The number of sulfonamides is 1. The second-order valence-electron chi connectivity index (χ2n) is 12.2. The molecular formula is C32H41N7O6S. The first-order valence-corrected chi connectivity index (χ1v) is 16.7. The molecule has 1 N–H and O–H groups in total. The maximum Gasteiger partial charge on any atom is 0.293 e. The molecule has 1 aliphatic rings. The van der Waals surface area contributed by atoms with Gasteiger partial charge in [-0.3, -0.25) is 30.6 Å². The van der Waals surface area contributed by atoms with E-state index in [1.807, 2.05) is 50.8 Å². The van der Waals surface area contributed by atoms with Crippen molar-refractivity contribution in [2.24, 2.45) is 16.9 Å². The predicted molar refractivity (Wildman–Crippen MR) is 180 cm³/mol. The van der Waals surface area contributed by atoms with Gasteiger partial charge in [-0.2, -0.15) is 9.41 Å². The Morgan fingerprint density at radius 2 is 1.54 bits per heavy atom. The minimum atomic E-state index is -4.14. The third-order valence-corrected chi connectivity index (χ3v) is 9.36. The summed E-state index contributed by atoms with van der Waals surface area (Å²) in [5.41, 5.74) is 4.51. The van der Waals surface area contributed by atoms with Gasteiger partial charge in [-0.25, -0.2) is 8.42 Å². The zero-order valence-electron chi connectivity index (χ0n) is 26.6. The molecular weight excluding hydrogens is 610 g/mol. The number of hydrogen-bond acceptors (Lipinski definition) is 10. The highest BCUT2D eigenvalue weighted by atomic mass is 32.2. The zero-order valence-corrected chi connectivity index (χ0v) is 27.4. The normalized spacial score (nSPS) is 14.5. The Kier molecular flexibility index (Phi) is 11.4. The van der Waals surface area contributed by atoms with Gasteiger partial charge in [0.05, 0.1) is 21.7 Å². The van der Waals surface area contributed by atoms with Crippen LogP contribution in [0.25, 0.3) is 0 Å². The van der Waals surface area contributed by atoms with Gasteiger partial charge in [-0.1, -0.05) is 64.1 Å². The lowest BCUT2D eigenvalue weighted by molar-refractivity contribution is -0.385. The minimum Gasteiger partial charge on any atom is -0.363 e. The van der Waals surface area contributed by atoms with Gasteiger partial charge in [0.15, 0.2) is 0 Å². The van der Waals surface area contributed by atoms with E-state index < -0.39 is 19.9 Å². The maximum absolute atomic E-state index is 13.8. The molecule has 1 heterocycles. The molecule has 0 saturated carbocycles. The summed E-state index contributed by atoms with van der Waals surface area (Å²) in [5, 5.41) is 27.7. The van der Waals surface area contributed by atoms with Crippen molar-refractivity contribution >= 4 is 39.0 Å². The molecule has 246 valence electrons. The number of nitrogens with zero attached hydrogens (tertiary/aromatic N) is 6. The van der Waals surface area contributed by atoms with Crippen molar-refractivity contribution in [2.75, 3.05) is 49.6 Å². The molecule has 1 fully saturated rings. The van der Waals surface area contributed by atoms with Crippen LogP contribution in [0, 0.1) is 32.1 Å². The van der Waals surface area contributed by atoms with Crippen molar-refractivity contribution in [1.29, 1.82) is 0 Å². The number of piperazine rings is 1. The van der Waals surface area contributed by atoms with Gasteiger partial charge in [0.25, 0.3) is 11.4 Å². The lowest BCUT2D eigenvalue weighted by Gasteiger charge is -2.35. The number of nitro groups is 2. The molecule has 46 heavy (non-hydrogen) atoms. The van der Waals surface area contributed by atoms with Crippen molar-refractivity contribution in [3.8, 4) is 0 Å². The van der Waals surface area contributed by atoms with Gasteiger partial charge in [0.1, 0.15) is 10.6 Å². The van der Waals surface area contributed by atoms with Crippen LogP contribution in [0.1, 0.15) is 38.8 Å². The minimum absolute atomic E-state index is 0.0265. The quantitative estimate of drug-likeness (QED) is 0.134. The van der Waals surface area contributed by atoms with Crippen molar-refractivity contribution in [3.05, 3.63) is 98.1 Å². The van der Waals surface area contributed by atoms with Crippen LogP contribution in [0.4, 0.5) is 22.7 Å². The van der Waals surface area contributed by atoms with Crippen molar-refractivity contribution in [3.63, 3.8) is 0 Å². The lowest BCUT2D eigenvalue weighted by Crippen LogP contribution is -2.46. The second-order valence-corrected chi connectivity index (χ2v) is 14.1. The topological polar surface area (TPSA) is 155 Å². The van der Waals surface area contributed by atoms with E-state index in [1.165, 1.54) is 34.3 Å². The Labute approximate surface area is 269 Å². The summed E-state index contributed by atoms with van der Waals surface area (Å²) in [6.45, 7) is 11.7. The van der Waals surface area contributed by atoms with E-state index in [4.69, 9.17) is 0 Å². The average molecular weight is 652 g/mol. The molecule has 0 aromatic heterocycles. The molecule has 3 aromatic rings. The Bertz CT molecular complexity index is 1650. The summed E-state index contributed by atoms with van der Waals surface area (Å²) in [5.74, 6) is 0.0529. The fourth-order valence-corrected chi connectivity index (χ4v) is 7.28. The lowest BCUT2D eigenvalue weighted by atomic mass is 10.1. The Hall–Kier alpha value is -4.40. The van der Waals surface area contributed by atoms with E-state index in [-0.39, 0.29) is 46.9 Å². The summed E-state index contributed by atoms with van der Waals surface area (Å²) in [6.07, 6.45) is 1.35. The molecule has 13 nitrogen and oxygen atoms in total. The molecule has 0 bridgehead atoms. The van der Waals surface area contributed by atoms with Crippen molar-refractivity contribution < 1.29 is 18.3 Å². The van der Waals surface area contributed by atoms with Gasteiger partial charge in [-0.05, 0) is 29.5 Å². The number of nitrogens with one attached hydrogen (secondary N) is 1. The Morgan fingerprint density at radius 1 is 0.891 bits per heavy atom. The molecule has 0 unspecified atom stereocenters. The van der Waals surface area contributed by atoms with Gasteiger partial charge < -0.3 is 4.90 Å². The average Bonchev–Trinajstić information content (AvgIpc) is 3.01. The molecule has 0 amide bonds. The molecule has 14 heteroatoms. The second kappa shape index (κ2) is 15.3. The highest BCUT2D eigenvalue weighted by Gasteiger charge is 2.30. The largest absolute Gasteiger partial charge is 0.363 e. The number of hydrogen-bond donors (Lipinski definition) is 1. The number of benzene rings is 3. The van der Waals surface area contributed by atoms with E-state index in [1.54, 1.807) is 12.1 Å². The highest BCUT2D eigenvalue weighted by Crippen LogP contribution is 2.32. The standard InChI is InChI=1S/C32H41N7O6S/c1-24(2)21-37(22-25(3)4)46(44,45)32-19-28(38(40)41)11-12-29(32)34-33-20-27-10-13-30(31(18-27)39(42)43)36-16-14-35(15-17-36)23-26-8-6-5-7-9-26/h5-13,18-20,24-25,34H,14-17,21-23H2,1-4H3/b33-20+. The SMILES string of the molecule is CC(C)CN(CC(C)C)S(=O)(=O)c1cc([N+](=O)[O-])ccc1N/N=C/c1ccc(N2CCN(Cc3ccccc3)CC2)c([N+](=O)[O-])c1. The molecule has 3 aromatic carbocycles. The molecule has 1 saturated heterocycles.